The summed E-state index contributed by atoms with van der Waals surface area (Å²) < 4.78 is 1.83. The van der Waals surface area contributed by atoms with Crippen molar-refractivity contribution >= 4 is 69.1 Å². The van der Waals surface area contributed by atoms with Crippen LogP contribution in [0.25, 0.3) is 27.6 Å². The molecule has 2 atom stereocenters. The number of H-pyrrole nitrogens is 1. The van der Waals surface area contributed by atoms with E-state index in [1.165, 1.54) is 11.3 Å². The third-order valence-electron chi connectivity index (χ3n) is 9.07. The van der Waals surface area contributed by atoms with Crippen molar-refractivity contribution in [2.24, 2.45) is 0 Å². The first-order valence-electron chi connectivity index (χ1n) is 17.8. The van der Waals surface area contributed by atoms with Crippen molar-refractivity contribution in [3.63, 3.8) is 0 Å². The van der Waals surface area contributed by atoms with Gasteiger partial charge < -0.3 is 24.6 Å². The number of nitrogens with one attached hydrogen (secondary N) is 1. The van der Waals surface area contributed by atoms with E-state index in [9.17, 15) is 9.59 Å². The van der Waals surface area contributed by atoms with Crippen LogP contribution in [0.5, 0.6) is 0 Å². The maximum atomic E-state index is 12.8. The van der Waals surface area contributed by atoms with Crippen LogP contribution in [0.1, 0.15) is 54.4 Å². The zero-order chi connectivity index (χ0) is 39.4. The average Bonchev–Trinajstić information content (AvgIpc) is 4.01. The number of amides is 2. The first-order valence-corrected chi connectivity index (χ1v) is 19.9. The summed E-state index contributed by atoms with van der Waals surface area (Å²) in [5, 5.41) is 5.79. The quantitative estimate of drug-likeness (QED) is 0.177. The molecule has 0 aliphatic carbocycles. The van der Waals surface area contributed by atoms with E-state index >= 15 is 0 Å². The zero-order valence-electron chi connectivity index (χ0n) is 31.8. The smallest absolute Gasteiger partial charge is 0.249 e. The summed E-state index contributed by atoms with van der Waals surface area (Å²) in [6.07, 6.45) is 15.3. The van der Waals surface area contributed by atoms with Gasteiger partial charge in [-0.05, 0) is 52.1 Å². The number of anilines is 4. The highest BCUT2D eigenvalue weighted by molar-refractivity contribution is 7.13. The fourth-order valence-electron chi connectivity index (χ4n) is 6.52. The number of nitrogens with zero attached hydrogens (tertiary/aromatic N) is 13. The summed E-state index contributed by atoms with van der Waals surface area (Å²) >= 11 is 8.96. The molecule has 16 nitrogen and oxygen atoms in total. The van der Waals surface area contributed by atoms with Gasteiger partial charge in [0.15, 0.2) is 33.3 Å². The van der Waals surface area contributed by atoms with Gasteiger partial charge in [0.2, 0.25) is 23.0 Å². The highest BCUT2D eigenvalue weighted by atomic mass is 35.5. The molecule has 0 aromatic carbocycles. The van der Waals surface area contributed by atoms with Gasteiger partial charge in [0.1, 0.15) is 23.5 Å². The van der Waals surface area contributed by atoms with Gasteiger partial charge in [-0.1, -0.05) is 13.8 Å². The number of imidazole rings is 2. The summed E-state index contributed by atoms with van der Waals surface area (Å²) in [4.78, 5) is 69.9. The molecule has 8 heterocycles. The summed E-state index contributed by atoms with van der Waals surface area (Å²) in [6.45, 7) is 12.3. The zero-order valence-corrected chi connectivity index (χ0v) is 34.2. The lowest BCUT2D eigenvalue weighted by Gasteiger charge is -2.42. The van der Waals surface area contributed by atoms with Gasteiger partial charge in [-0.15, -0.1) is 22.7 Å². The summed E-state index contributed by atoms with van der Waals surface area (Å²) in [7, 11) is 3.53. The number of rotatable bonds is 7. The lowest BCUT2D eigenvalue weighted by atomic mass is 10.1. The fraction of sp³-hybridized carbons (Fsp3) is 0.389. The molecule has 0 radical (unpaired) electrons. The molecule has 8 rings (SSSR count). The van der Waals surface area contributed by atoms with Crippen molar-refractivity contribution in [2.75, 3.05) is 33.7 Å². The second kappa shape index (κ2) is 17.0. The molecule has 55 heavy (non-hydrogen) atoms. The second-order valence-electron chi connectivity index (χ2n) is 13.1. The number of halogens is 1. The van der Waals surface area contributed by atoms with Crippen LogP contribution in [0.3, 0.4) is 0 Å². The lowest BCUT2D eigenvalue weighted by molar-refractivity contribution is -0.120. The molecule has 0 saturated carbocycles. The third kappa shape index (κ3) is 7.92. The van der Waals surface area contributed by atoms with Gasteiger partial charge >= 0.3 is 0 Å². The summed E-state index contributed by atoms with van der Waals surface area (Å²) in [6, 6.07) is -0.104. The molecule has 0 saturated heterocycles. The molecule has 19 heteroatoms. The molecule has 0 spiro atoms. The number of carbonyl (C=O) groups is 2. The van der Waals surface area contributed by atoms with E-state index in [4.69, 9.17) is 16.6 Å². The van der Waals surface area contributed by atoms with Gasteiger partial charge in [-0.3, -0.25) is 14.2 Å². The van der Waals surface area contributed by atoms with Crippen LogP contribution in [0.15, 0.2) is 60.3 Å². The monoisotopic (exact) mass is 802 g/mol. The van der Waals surface area contributed by atoms with E-state index in [0.717, 1.165) is 46.0 Å². The van der Waals surface area contributed by atoms with Crippen molar-refractivity contribution in [1.29, 1.82) is 0 Å². The Labute approximate surface area is 332 Å². The number of aromatic amines is 1. The van der Waals surface area contributed by atoms with Crippen molar-refractivity contribution < 1.29 is 9.59 Å². The molecular formula is C36H43ClN14O2S2. The maximum Gasteiger partial charge on any atom is 0.249 e. The molecule has 2 amide bonds. The van der Waals surface area contributed by atoms with Crippen LogP contribution in [-0.2, 0) is 9.59 Å². The topological polar surface area (TPSA) is 171 Å². The minimum atomic E-state index is -0.230. The van der Waals surface area contributed by atoms with E-state index in [0.29, 0.717) is 17.5 Å². The highest BCUT2D eigenvalue weighted by Crippen LogP contribution is 2.37. The summed E-state index contributed by atoms with van der Waals surface area (Å²) in [5.74, 6) is 3.70. The van der Waals surface area contributed by atoms with E-state index in [1.54, 1.807) is 78.6 Å². The Kier molecular flexibility index (Phi) is 12.2. The minimum Gasteiger partial charge on any atom is -0.343 e. The SMILES string of the molecule is CC[C@@H]1C(=O)N(C)c2cnc(-n3ccnc3-c3nccs3)nc2N1C(C)C.CC[C@@H]1C(=O)N(C)c2cnc(Cl)nc2N1C(C)C.c1c[nH]c(-c2nccs2)n1. The lowest BCUT2D eigenvalue weighted by Crippen LogP contribution is -2.55. The van der Waals surface area contributed by atoms with Gasteiger partial charge in [-0.25, -0.2) is 29.9 Å². The molecule has 2 aliphatic rings. The predicted octanol–water partition coefficient (Wildman–Crippen LogP) is 6.39. The van der Waals surface area contributed by atoms with Crippen molar-refractivity contribution in [3.8, 4) is 27.6 Å². The second-order valence-corrected chi connectivity index (χ2v) is 15.2. The van der Waals surface area contributed by atoms with Crippen LogP contribution < -0.4 is 19.6 Å². The predicted molar refractivity (Wildman–Crippen MR) is 217 cm³/mol. The average molecular weight is 803 g/mol. The Hall–Kier alpha value is -5.33. The molecular weight excluding hydrogens is 760 g/mol. The summed E-state index contributed by atoms with van der Waals surface area (Å²) in [5.41, 5.74) is 1.43. The van der Waals surface area contributed by atoms with Crippen molar-refractivity contribution in [2.45, 2.75) is 78.6 Å². The first kappa shape index (κ1) is 39.4. The molecule has 0 unspecified atom stereocenters. The number of likely N-dealkylation sites (N-methyl/N-ethyl adjacent to an activating group) is 2. The van der Waals surface area contributed by atoms with Gasteiger partial charge in [0, 0.05) is 74.1 Å². The standard InChI is InChI=1S/C18H21N7OS.C12H17ClN4O.C6H5N3S/c1-5-12-17(26)23(4)13-10-21-18(22-14(13)25(12)11(2)3)24-8-6-19-15(24)16-20-7-9-27-16;1-5-8-11(18)16(4)9-6-14-12(13)15-10(9)17(8)7(2)3;1-2-8-5(7-1)6-9-3-4-10-6/h6-12H,5H2,1-4H3;6-8H,5H2,1-4H3;1-4H,(H,7,8)/t12-;8-;/m11./s1. The minimum absolute atomic E-state index is 0.0705. The van der Waals surface area contributed by atoms with Crippen molar-refractivity contribution in [3.05, 3.63) is 65.6 Å². The van der Waals surface area contributed by atoms with Crippen LogP contribution in [0.2, 0.25) is 5.28 Å². The van der Waals surface area contributed by atoms with E-state index in [2.05, 4.69) is 58.6 Å². The Bertz CT molecular complexity index is 2160. The Morgan fingerprint density at radius 1 is 0.727 bits per heavy atom. The maximum absolute atomic E-state index is 12.8. The normalized spacial score (nSPS) is 16.5. The molecule has 288 valence electrons. The van der Waals surface area contributed by atoms with Gasteiger partial charge in [-0.2, -0.15) is 9.97 Å². The molecule has 1 N–H and O–H groups in total. The number of aromatic nitrogens is 10. The third-order valence-corrected chi connectivity index (χ3v) is 10.8. The van der Waals surface area contributed by atoms with Crippen molar-refractivity contribution in [1.82, 2.24) is 49.4 Å². The number of carbonyl (C=O) groups excluding carboxylic acids is 2. The number of hydrogen-bond acceptors (Lipinski definition) is 14. The Morgan fingerprint density at radius 3 is 1.80 bits per heavy atom. The van der Waals surface area contributed by atoms with Gasteiger partial charge in [0.05, 0.1) is 12.4 Å². The van der Waals surface area contributed by atoms with Crippen LogP contribution in [0, 0.1) is 0 Å². The van der Waals surface area contributed by atoms with E-state index in [-0.39, 0.29) is 41.3 Å². The molecule has 0 bridgehead atoms. The van der Waals surface area contributed by atoms with Crippen LogP contribution in [0.4, 0.5) is 23.0 Å². The van der Waals surface area contributed by atoms with Crippen LogP contribution >= 0.6 is 34.3 Å². The van der Waals surface area contributed by atoms with E-state index < -0.39 is 0 Å². The molecule has 6 aromatic heterocycles. The van der Waals surface area contributed by atoms with Gasteiger partial charge in [0.25, 0.3) is 0 Å². The largest absolute Gasteiger partial charge is 0.343 e. The molecule has 2 aliphatic heterocycles. The Balaban J connectivity index is 0.000000157. The number of hydrogen-bond donors (Lipinski definition) is 1. The molecule has 6 aromatic rings. The van der Waals surface area contributed by atoms with E-state index in [1.807, 2.05) is 54.1 Å². The number of thiazole rings is 2. The number of fused-ring (bicyclic) bond motifs is 2. The fourth-order valence-corrected chi connectivity index (χ4v) is 7.87. The molecule has 0 fully saturated rings. The highest BCUT2D eigenvalue weighted by Gasteiger charge is 2.39. The Morgan fingerprint density at radius 2 is 1.29 bits per heavy atom. The van der Waals surface area contributed by atoms with Crippen LogP contribution in [-0.4, -0.2) is 99.5 Å². The first-order chi connectivity index (χ1) is 26.5.